The van der Waals surface area contributed by atoms with Crippen molar-refractivity contribution in [3.05, 3.63) is 77.4 Å². The van der Waals surface area contributed by atoms with Crippen molar-refractivity contribution >= 4 is 15.9 Å². The second kappa shape index (κ2) is 8.28. The maximum atomic E-state index is 13.4. The van der Waals surface area contributed by atoms with Crippen LogP contribution in [0.4, 0.5) is 13.2 Å². The summed E-state index contributed by atoms with van der Waals surface area (Å²) in [5.41, 5.74) is 7.20. The van der Waals surface area contributed by atoms with E-state index in [1.54, 1.807) is 6.07 Å². The number of fused-ring (bicyclic) bond motifs is 1. The normalized spacial score (nSPS) is 14.5. The van der Waals surface area contributed by atoms with Crippen molar-refractivity contribution in [2.75, 3.05) is 0 Å². The van der Waals surface area contributed by atoms with E-state index in [9.17, 15) is 26.4 Å². The number of alkyl halides is 2. The molecule has 8 nitrogen and oxygen atoms in total. The van der Waals surface area contributed by atoms with E-state index in [1.165, 1.54) is 29.3 Å². The van der Waals surface area contributed by atoms with Gasteiger partial charge >= 0.3 is 6.61 Å². The average Bonchev–Trinajstić information content (AvgIpc) is 3.32. The molecule has 0 spiro atoms. The van der Waals surface area contributed by atoms with Crippen LogP contribution in [-0.4, -0.2) is 35.0 Å². The monoisotopic (exact) mass is 466 g/mol. The number of carbonyl (C=O) groups is 1. The summed E-state index contributed by atoms with van der Waals surface area (Å²) in [5, 5.41) is 4.07. The summed E-state index contributed by atoms with van der Waals surface area (Å²) in [6, 6.07) is 8.86. The molecule has 1 atom stereocenters. The van der Waals surface area contributed by atoms with Crippen molar-refractivity contribution in [2.45, 2.75) is 30.6 Å². The van der Waals surface area contributed by atoms with E-state index in [2.05, 4.69) is 9.84 Å². The number of aromatic nitrogens is 2. The molecule has 4 rings (SSSR count). The molecule has 0 bridgehead atoms. The van der Waals surface area contributed by atoms with Gasteiger partial charge in [0.15, 0.2) is 0 Å². The molecule has 2 aromatic carbocycles. The zero-order valence-electron chi connectivity index (χ0n) is 16.4. The lowest BCUT2D eigenvalue weighted by atomic mass is 10.1. The lowest BCUT2D eigenvalue weighted by molar-refractivity contribution is -0.133. The van der Waals surface area contributed by atoms with Crippen molar-refractivity contribution in [2.24, 2.45) is 5.73 Å². The Morgan fingerprint density at radius 1 is 1.12 bits per heavy atom. The van der Waals surface area contributed by atoms with E-state index < -0.39 is 34.4 Å². The van der Waals surface area contributed by atoms with Crippen molar-refractivity contribution < 1.29 is 31.1 Å². The predicted octanol–water partition coefficient (Wildman–Crippen LogP) is 2.40. The summed E-state index contributed by atoms with van der Waals surface area (Å²) in [6.07, 6.45) is 1.29. The number of ether oxygens (including phenoxy) is 1. The van der Waals surface area contributed by atoms with E-state index in [1.807, 2.05) is 0 Å². The van der Waals surface area contributed by atoms with Gasteiger partial charge in [-0.05, 0) is 42.0 Å². The summed E-state index contributed by atoms with van der Waals surface area (Å²) in [7, 11) is -4.07. The van der Waals surface area contributed by atoms with Crippen LogP contribution in [0.25, 0.3) is 0 Å². The molecule has 2 heterocycles. The fourth-order valence-electron chi connectivity index (χ4n) is 3.35. The molecular formula is C20H17F3N4O4S. The van der Waals surface area contributed by atoms with E-state index in [0.717, 1.165) is 28.4 Å². The fourth-order valence-corrected chi connectivity index (χ4v) is 4.51. The zero-order chi connectivity index (χ0) is 23.0. The summed E-state index contributed by atoms with van der Waals surface area (Å²) in [5.74, 6) is -1.13. The molecule has 0 radical (unpaired) electrons. The fraction of sp³-hybridized carbons (Fsp3) is 0.200. The Morgan fingerprint density at radius 3 is 2.47 bits per heavy atom. The van der Waals surface area contributed by atoms with Crippen LogP contribution in [0.3, 0.4) is 0 Å². The van der Waals surface area contributed by atoms with Crippen LogP contribution in [-0.2, 0) is 27.9 Å². The van der Waals surface area contributed by atoms with Gasteiger partial charge in [-0.3, -0.25) is 4.79 Å². The average molecular weight is 466 g/mol. The van der Waals surface area contributed by atoms with Gasteiger partial charge in [0.05, 0.1) is 17.1 Å². The third kappa shape index (κ3) is 4.18. The molecule has 32 heavy (non-hydrogen) atoms. The Hall–Kier alpha value is -3.38. The number of nitrogens with zero attached hydrogens (tertiary/aromatic N) is 3. The highest BCUT2D eigenvalue weighted by molar-refractivity contribution is 7.89. The smallest absolute Gasteiger partial charge is 0.387 e. The molecule has 0 saturated carbocycles. The number of hydrogen-bond donors (Lipinski definition) is 1. The van der Waals surface area contributed by atoms with Gasteiger partial charge in [-0.1, -0.05) is 12.1 Å². The molecule has 1 unspecified atom stereocenters. The van der Waals surface area contributed by atoms with E-state index in [0.29, 0.717) is 16.8 Å². The number of rotatable bonds is 6. The predicted molar refractivity (Wildman–Crippen MR) is 105 cm³/mol. The first-order valence-electron chi connectivity index (χ1n) is 9.33. The Balaban J connectivity index is 1.49. The van der Waals surface area contributed by atoms with Gasteiger partial charge in [0.2, 0.25) is 5.91 Å². The number of amides is 1. The molecule has 1 aliphatic heterocycles. The van der Waals surface area contributed by atoms with Crippen LogP contribution >= 0.6 is 0 Å². The van der Waals surface area contributed by atoms with Gasteiger partial charge in [0.1, 0.15) is 17.6 Å². The standard InChI is InChI=1S/C20H17F3N4O4S/c21-14-3-1-2-12(8-14)18(24)19(28)26-9-13-10-27(25-17(13)11-26)32(29,30)16-6-4-15(5-7-16)31-20(22)23/h1-8,10,18,20H,9,11,24H2. The Kier molecular flexibility index (Phi) is 5.65. The highest BCUT2D eigenvalue weighted by atomic mass is 32.2. The number of nitrogens with two attached hydrogens (primary N) is 1. The van der Waals surface area contributed by atoms with Crippen LogP contribution in [0.5, 0.6) is 5.75 Å². The molecule has 0 fully saturated rings. The first-order chi connectivity index (χ1) is 15.1. The molecule has 0 aliphatic carbocycles. The molecule has 3 aromatic rings. The summed E-state index contributed by atoms with van der Waals surface area (Å²) >= 11 is 0. The second-order valence-corrected chi connectivity index (χ2v) is 8.85. The zero-order valence-corrected chi connectivity index (χ0v) is 17.2. The van der Waals surface area contributed by atoms with Gasteiger partial charge in [-0.2, -0.15) is 26.4 Å². The van der Waals surface area contributed by atoms with Gasteiger partial charge in [0, 0.05) is 18.3 Å². The summed E-state index contributed by atoms with van der Waals surface area (Å²) < 4.78 is 68.5. The van der Waals surface area contributed by atoms with Crippen LogP contribution < -0.4 is 10.5 Å². The largest absolute Gasteiger partial charge is 0.435 e. The first kappa shape index (κ1) is 21.8. The third-order valence-electron chi connectivity index (χ3n) is 4.94. The SMILES string of the molecule is NC(C(=O)N1Cc2cn(S(=O)(=O)c3ccc(OC(F)F)cc3)nc2C1)c1cccc(F)c1. The van der Waals surface area contributed by atoms with Crippen LogP contribution in [0.1, 0.15) is 22.9 Å². The second-order valence-electron chi connectivity index (χ2n) is 7.06. The molecule has 1 aromatic heterocycles. The maximum Gasteiger partial charge on any atom is 0.387 e. The van der Waals surface area contributed by atoms with Crippen LogP contribution in [0.15, 0.2) is 59.6 Å². The summed E-state index contributed by atoms with van der Waals surface area (Å²) in [6.45, 7) is -2.89. The lowest BCUT2D eigenvalue weighted by Gasteiger charge is -2.20. The minimum absolute atomic E-state index is 0.0425. The number of hydrogen-bond acceptors (Lipinski definition) is 6. The lowest BCUT2D eigenvalue weighted by Crippen LogP contribution is -2.35. The maximum absolute atomic E-state index is 13.4. The minimum Gasteiger partial charge on any atom is -0.435 e. The van der Waals surface area contributed by atoms with Gasteiger partial charge in [-0.15, -0.1) is 0 Å². The third-order valence-corrected chi connectivity index (χ3v) is 6.48. The summed E-state index contributed by atoms with van der Waals surface area (Å²) in [4.78, 5) is 13.9. The van der Waals surface area contributed by atoms with E-state index in [4.69, 9.17) is 5.73 Å². The number of benzene rings is 2. The quantitative estimate of drug-likeness (QED) is 0.598. The van der Waals surface area contributed by atoms with Gasteiger partial charge in [0.25, 0.3) is 10.0 Å². The van der Waals surface area contributed by atoms with Crippen LogP contribution in [0, 0.1) is 5.82 Å². The van der Waals surface area contributed by atoms with Crippen molar-refractivity contribution in [1.82, 2.24) is 14.1 Å². The molecule has 2 N–H and O–H groups in total. The molecule has 168 valence electrons. The Labute approximate surface area is 181 Å². The molecule has 1 aliphatic rings. The molecule has 12 heteroatoms. The molecule has 1 amide bonds. The highest BCUT2D eigenvalue weighted by Crippen LogP contribution is 2.27. The van der Waals surface area contributed by atoms with Gasteiger partial charge in [-0.25, -0.2) is 4.39 Å². The van der Waals surface area contributed by atoms with Crippen molar-refractivity contribution in [3.63, 3.8) is 0 Å². The number of halogens is 3. The topological polar surface area (TPSA) is 108 Å². The Morgan fingerprint density at radius 2 is 1.84 bits per heavy atom. The molecular weight excluding hydrogens is 449 g/mol. The van der Waals surface area contributed by atoms with Gasteiger partial charge < -0.3 is 15.4 Å². The van der Waals surface area contributed by atoms with Crippen molar-refractivity contribution in [3.8, 4) is 5.75 Å². The van der Waals surface area contributed by atoms with Crippen molar-refractivity contribution in [1.29, 1.82) is 0 Å². The van der Waals surface area contributed by atoms with E-state index >= 15 is 0 Å². The Bertz CT molecular complexity index is 1240. The number of carbonyl (C=O) groups excluding carboxylic acids is 1. The minimum atomic E-state index is -4.07. The van der Waals surface area contributed by atoms with Crippen LogP contribution in [0.2, 0.25) is 0 Å². The van der Waals surface area contributed by atoms with E-state index in [-0.39, 0.29) is 23.7 Å². The first-order valence-corrected chi connectivity index (χ1v) is 10.8. The molecule has 0 saturated heterocycles. The highest BCUT2D eigenvalue weighted by Gasteiger charge is 2.32.